The Morgan fingerprint density at radius 3 is 2.25 bits per heavy atom. The van der Waals surface area contributed by atoms with Gasteiger partial charge in [0.1, 0.15) is 4.90 Å². The summed E-state index contributed by atoms with van der Waals surface area (Å²) < 4.78 is 30.9. The van der Waals surface area contributed by atoms with Crippen molar-refractivity contribution in [1.29, 1.82) is 0 Å². The first-order valence-corrected chi connectivity index (χ1v) is 6.09. The number of benzene rings is 2. The Kier molecular flexibility index (Phi) is 2.53. The molecular weight excluding hydrogens is 252 g/mol. The van der Waals surface area contributed by atoms with Crippen LogP contribution in [0.2, 0.25) is 5.02 Å². The fourth-order valence-corrected chi connectivity index (χ4v) is 2.57. The van der Waals surface area contributed by atoms with Crippen LogP contribution in [0.1, 0.15) is 0 Å². The number of halogens is 1. The zero-order valence-corrected chi connectivity index (χ0v) is 9.42. The highest BCUT2D eigenvalue weighted by atomic mass is 35.5. The molecule has 6 heteroatoms. The predicted octanol–water partition coefficient (Wildman–Crippen LogP) is 2.88. The van der Waals surface area contributed by atoms with Crippen molar-refractivity contribution in [1.82, 2.24) is 0 Å². The van der Waals surface area contributed by atoms with Crippen LogP contribution in [0.5, 0.6) is 5.75 Å². The van der Waals surface area contributed by atoms with Crippen molar-refractivity contribution in [2.75, 3.05) is 0 Å². The lowest BCUT2D eigenvalue weighted by Gasteiger charge is -2.05. The molecule has 2 aromatic carbocycles. The minimum absolute atomic E-state index is 0.141. The first kappa shape index (κ1) is 11.2. The lowest BCUT2D eigenvalue weighted by molar-refractivity contribution is 0.358. The van der Waals surface area contributed by atoms with Gasteiger partial charge in [-0.15, -0.1) is 0 Å². The van der Waals surface area contributed by atoms with Gasteiger partial charge >= 0.3 is 0 Å². The fourth-order valence-electron chi connectivity index (χ4n) is 1.47. The summed E-state index contributed by atoms with van der Waals surface area (Å²) in [5.41, 5.74) is 0. The van der Waals surface area contributed by atoms with Crippen LogP contribution in [0.25, 0.3) is 10.8 Å². The van der Waals surface area contributed by atoms with Crippen molar-refractivity contribution < 1.29 is 18.1 Å². The van der Waals surface area contributed by atoms with Crippen LogP contribution < -0.4 is 0 Å². The highest BCUT2D eigenvalue weighted by molar-refractivity contribution is 7.86. The Labute approximate surface area is 96.8 Å². The van der Waals surface area contributed by atoms with Crippen molar-refractivity contribution in [3.63, 3.8) is 0 Å². The third kappa shape index (κ3) is 1.73. The molecule has 0 aliphatic heterocycles. The van der Waals surface area contributed by atoms with Crippen molar-refractivity contribution >= 4 is 32.5 Å². The molecular formula is C10H6ClO4S. The number of rotatable bonds is 1. The standard InChI is InChI=1S/C10H6ClO4S/c11-10-7-4-2-1-3-6(7)8(12)5-9(10)16(13,14)15/h1-5H,(H,13,14,15). The summed E-state index contributed by atoms with van der Waals surface area (Å²) in [5, 5.41) is 12.1. The molecule has 2 rings (SSSR count). The number of fused-ring (bicyclic) bond motifs is 1. The van der Waals surface area contributed by atoms with Gasteiger partial charge in [-0.3, -0.25) is 9.66 Å². The largest absolute Gasteiger partial charge is 0.296 e. The SMILES string of the molecule is [O]c1cc(S(=O)(=O)O)c(Cl)c2ccccc12. The molecule has 2 aromatic rings. The lowest BCUT2D eigenvalue weighted by atomic mass is 10.1. The van der Waals surface area contributed by atoms with Crippen LogP contribution in [0.15, 0.2) is 35.2 Å². The zero-order valence-electron chi connectivity index (χ0n) is 7.84. The molecule has 0 fully saturated rings. The van der Waals surface area contributed by atoms with Crippen molar-refractivity contribution in [2.24, 2.45) is 0 Å². The average Bonchev–Trinajstić information content (AvgIpc) is 2.22. The molecule has 0 spiro atoms. The second kappa shape index (κ2) is 3.62. The Morgan fingerprint density at radius 1 is 1.12 bits per heavy atom. The zero-order chi connectivity index (χ0) is 11.9. The topological polar surface area (TPSA) is 74.3 Å². The van der Waals surface area contributed by atoms with Gasteiger partial charge in [-0.05, 0) is 0 Å². The monoisotopic (exact) mass is 257 g/mol. The van der Waals surface area contributed by atoms with Gasteiger partial charge in [-0.25, -0.2) is 0 Å². The van der Waals surface area contributed by atoms with Crippen LogP contribution in [0.4, 0.5) is 0 Å². The molecule has 0 aliphatic carbocycles. The molecule has 0 atom stereocenters. The highest BCUT2D eigenvalue weighted by Gasteiger charge is 2.19. The molecule has 0 heterocycles. The molecule has 1 N–H and O–H groups in total. The van der Waals surface area contributed by atoms with Crippen LogP contribution in [0, 0.1) is 0 Å². The van der Waals surface area contributed by atoms with Crippen molar-refractivity contribution in [3.05, 3.63) is 35.4 Å². The third-order valence-electron chi connectivity index (χ3n) is 2.19. The van der Waals surface area contributed by atoms with Gasteiger partial charge in [0.2, 0.25) is 0 Å². The van der Waals surface area contributed by atoms with E-state index in [0.29, 0.717) is 10.8 Å². The number of hydrogen-bond donors (Lipinski definition) is 1. The summed E-state index contributed by atoms with van der Waals surface area (Å²) in [4.78, 5) is -0.558. The molecule has 16 heavy (non-hydrogen) atoms. The second-order valence-electron chi connectivity index (χ2n) is 3.21. The van der Waals surface area contributed by atoms with Gasteiger partial charge in [0.25, 0.3) is 10.1 Å². The van der Waals surface area contributed by atoms with Gasteiger partial charge in [0.15, 0.2) is 5.75 Å². The van der Waals surface area contributed by atoms with E-state index >= 15 is 0 Å². The van der Waals surface area contributed by atoms with E-state index in [0.717, 1.165) is 6.07 Å². The summed E-state index contributed by atoms with van der Waals surface area (Å²) in [5.74, 6) is -0.493. The molecule has 0 saturated carbocycles. The van der Waals surface area contributed by atoms with E-state index in [4.69, 9.17) is 16.2 Å². The van der Waals surface area contributed by atoms with E-state index in [1.165, 1.54) is 12.1 Å². The van der Waals surface area contributed by atoms with Crippen molar-refractivity contribution in [3.8, 4) is 5.75 Å². The van der Waals surface area contributed by atoms with Gasteiger partial charge in [-0.1, -0.05) is 35.9 Å². The lowest BCUT2D eigenvalue weighted by Crippen LogP contribution is -1.99. The Morgan fingerprint density at radius 2 is 1.69 bits per heavy atom. The predicted molar refractivity (Wildman–Crippen MR) is 58.9 cm³/mol. The van der Waals surface area contributed by atoms with E-state index in [1.54, 1.807) is 12.1 Å². The second-order valence-corrected chi connectivity index (χ2v) is 4.98. The molecule has 0 saturated heterocycles. The van der Waals surface area contributed by atoms with E-state index in [1.807, 2.05) is 0 Å². The molecule has 0 amide bonds. The summed E-state index contributed by atoms with van der Waals surface area (Å²) in [6.45, 7) is 0. The minimum atomic E-state index is -4.48. The number of hydrogen-bond acceptors (Lipinski definition) is 2. The van der Waals surface area contributed by atoms with Crippen LogP contribution in [-0.2, 0) is 15.2 Å². The van der Waals surface area contributed by atoms with Gasteiger partial charge in [0, 0.05) is 16.8 Å². The van der Waals surface area contributed by atoms with Crippen molar-refractivity contribution in [2.45, 2.75) is 4.90 Å². The summed E-state index contributed by atoms with van der Waals surface area (Å²) in [7, 11) is -4.48. The minimum Gasteiger partial charge on any atom is -0.289 e. The quantitative estimate of drug-likeness (QED) is 0.798. The van der Waals surface area contributed by atoms with Gasteiger partial charge < -0.3 is 0 Å². The van der Waals surface area contributed by atoms with E-state index in [-0.39, 0.29) is 5.02 Å². The highest BCUT2D eigenvalue weighted by Crippen LogP contribution is 2.36. The van der Waals surface area contributed by atoms with E-state index in [2.05, 4.69) is 0 Å². The van der Waals surface area contributed by atoms with Gasteiger partial charge in [-0.2, -0.15) is 8.42 Å². The first-order valence-electron chi connectivity index (χ1n) is 4.27. The van der Waals surface area contributed by atoms with Gasteiger partial charge in [0.05, 0.1) is 5.02 Å². The van der Waals surface area contributed by atoms with Crippen LogP contribution in [0.3, 0.4) is 0 Å². The summed E-state index contributed by atoms with van der Waals surface area (Å²) >= 11 is 5.82. The Hall–Kier alpha value is -1.30. The molecule has 4 nitrogen and oxygen atoms in total. The third-order valence-corrected chi connectivity index (χ3v) is 3.58. The Bertz CT molecular complexity index is 664. The molecule has 0 unspecified atom stereocenters. The average molecular weight is 258 g/mol. The summed E-state index contributed by atoms with van der Waals surface area (Å²) in [6.07, 6.45) is 0. The normalized spacial score (nSPS) is 11.9. The maximum absolute atomic E-state index is 11.6. The van der Waals surface area contributed by atoms with Crippen LogP contribution >= 0.6 is 11.6 Å². The molecule has 83 valence electrons. The van der Waals surface area contributed by atoms with Crippen LogP contribution in [-0.4, -0.2) is 13.0 Å². The fraction of sp³-hybridized carbons (Fsp3) is 0. The summed E-state index contributed by atoms with van der Waals surface area (Å²) in [6, 6.07) is 7.15. The molecule has 0 aliphatic rings. The molecule has 1 radical (unpaired) electrons. The maximum Gasteiger partial charge on any atom is 0.296 e. The molecule has 0 aromatic heterocycles. The Balaban J connectivity index is 2.97. The van der Waals surface area contributed by atoms with E-state index in [9.17, 15) is 13.5 Å². The maximum atomic E-state index is 11.6. The van der Waals surface area contributed by atoms with E-state index < -0.39 is 20.8 Å². The smallest absolute Gasteiger partial charge is 0.289 e. The molecule has 0 bridgehead atoms. The first-order chi connectivity index (χ1) is 7.41.